The Morgan fingerprint density at radius 3 is 2.30 bits per heavy atom. The zero-order chi connectivity index (χ0) is 19.8. The van der Waals surface area contributed by atoms with E-state index in [9.17, 15) is 14.4 Å². The van der Waals surface area contributed by atoms with Crippen LogP contribution in [0.1, 0.15) is 11.1 Å². The Bertz CT molecular complexity index is 838. The average molecular weight is 409 g/mol. The Labute approximate surface area is 166 Å². The first-order chi connectivity index (χ1) is 12.9. The summed E-state index contributed by atoms with van der Waals surface area (Å²) in [6.07, 6.45) is 0.235. The molecule has 2 rings (SSSR count). The van der Waals surface area contributed by atoms with Crippen molar-refractivity contribution in [2.45, 2.75) is 12.8 Å². The van der Waals surface area contributed by atoms with Gasteiger partial charge in [0.15, 0.2) is 0 Å². The summed E-state index contributed by atoms with van der Waals surface area (Å²) in [6, 6.07) is 11.8. The molecule has 0 aliphatic heterocycles. The van der Waals surface area contributed by atoms with Gasteiger partial charge >= 0.3 is 5.97 Å². The third-order valence-electron chi connectivity index (χ3n) is 3.63. The van der Waals surface area contributed by atoms with Gasteiger partial charge in [0.25, 0.3) is 0 Å². The van der Waals surface area contributed by atoms with Crippen molar-refractivity contribution in [2.24, 2.45) is 0 Å². The fourth-order valence-electron chi connectivity index (χ4n) is 2.24. The van der Waals surface area contributed by atoms with Crippen molar-refractivity contribution in [3.8, 4) is 0 Å². The molecule has 0 atom stereocenters. The van der Waals surface area contributed by atoms with Crippen LogP contribution >= 0.6 is 23.2 Å². The molecule has 0 bridgehead atoms. The summed E-state index contributed by atoms with van der Waals surface area (Å²) in [6.45, 7) is -0.170. The molecule has 0 heterocycles. The Morgan fingerprint density at radius 1 is 0.963 bits per heavy atom. The number of benzene rings is 2. The largest absolute Gasteiger partial charge is 0.468 e. The van der Waals surface area contributed by atoms with Gasteiger partial charge in [-0.05, 0) is 35.4 Å². The lowest BCUT2D eigenvalue weighted by Crippen LogP contribution is -2.31. The number of methoxy groups -OCH3 is 1. The molecule has 2 aromatic carbocycles. The minimum absolute atomic E-state index is 0.117. The molecule has 0 aromatic heterocycles. The van der Waals surface area contributed by atoms with Crippen LogP contribution in [0.4, 0.5) is 5.69 Å². The molecule has 0 saturated carbocycles. The number of hydrogen-bond donors (Lipinski definition) is 2. The van der Waals surface area contributed by atoms with Gasteiger partial charge in [-0.25, -0.2) is 0 Å². The number of rotatable bonds is 7. The quantitative estimate of drug-likeness (QED) is 0.689. The number of hydrogen-bond acceptors (Lipinski definition) is 4. The van der Waals surface area contributed by atoms with E-state index in [-0.39, 0.29) is 31.2 Å². The first-order valence-corrected chi connectivity index (χ1v) is 8.79. The van der Waals surface area contributed by atoms with Gasteiger partial charge < -0.3 is 15.4 Å². The molecule has 0 aliphatic carbocycles. The Kier molecular flexibility index (Phi) is 7.64. The van der Waals surface area contributed by atoms with Crippen LogP contribution in [0, 0.1) is 0 Å². The molecule has 0 saturated heterocycles. The summed E-state index contributed by atoms with van der Waals surface area (Å²) in [5.74, 6) is -1.03. The van der Waals surface area contributed by atoms with Crippen LogP contribution in [0.3, 0.4) is 0 Å². The number of ether oxygens (including phenoxy) is 1. The van der Waals surface area contributed by atoms with E-state index in [1.165, 1.54) is 7.11 Å². The van der Waals surface area contributed by atoms with Crippen molar-refractivity contribution in [3.05, 3.63) is 63.6 Å². The SMILES string of the molecule is COC(=O)CNC(=O)Cc1ccc(NC(=O)Cc2ccc(Cl)cc2Cl)cc1. The number of anilines is 1. The summed E-state index contributed by atoms with van der Waals surface area (Å²) >= 11 is 11.9. The van der Waals surface area contributed by atoms with Crippen molar-refractivity contribution in [3.63, 3.8) is 0 Å². The zero-order valence-electron chi connectivity index (χ0n) is 14.6. The van der Waals surface area contributed by atoms with Crippen LogP contribution in [0.15, 0.2) is 42.5 Å². The third kappa shape index (κ3) is 6.92. The van der Waals surface area contributed by atoms with Crippen molar-refractivity contribution >= 4 is 46.7 Å². The summed E-state index contributed by atoms with van der Waals surface area (Å²) in [5.41, 5.74) is 2.03. The molecule has 0 radical (unpaired) electrons. The molecule has 0 fully saturated rings. The van der Waals surface area contributed by atoms with Gasteiger partial charge in [-0.15, -0.1) is 0 Å². The van der Waals surface area contributed by atoms with Gasteiger partial charge in [-0.1, -0.05) is 41.4 Å². The Morgan fingerprint density at radius 2 is 1.67 bits per heavy atom. The van der Waals surface area contributed by atoms with Crippen LogP contribution in [-0.2, 0) is 32.0 Å². The highest BCUT2D eigenvalue weighted by atomic mass is 35.5. The zero-order valence-corrected chi connectivity index (χ0v) is 16.1. The van der Waals surface area contributed by atoms with Crippen molar-refractivity contribution in [1.82, 2.24) is 5.32 Å². The van der Waals surface area contributed by atoms with E-state index in [1.54, 1.807) is 42.5 Å². The maximum atomic E-state index is 12.1. The lowest BCUT2D eigenvalue weighted by molar-refractivity contribution is -0.141. The van der Waals surface area contributed by atoms with Crippen LogP contribution in [0.2, 0.25) is 10.0 Å². The molecule has 2 aromatic rings. The minimum atomic E-state index is -0.512. The van der Waals surface area contributed by atoms with Gasteiger partial charge in [0.2, 0.25) is 11.8 Å². The summed E-state index contributed by atoms with van der Waals surface area (Å²) in [5, 5.41) is 6.17. The van der Waals surface area contributed by atoms with Gasteiger partial charge in [0.05, 0.1) is 20.0 Å². The number of halogens is 2. The van der Waals surface area contributed by atoms with Crippen molar-refractivity contribution in [1.29, 1.82) is 0 Å². The van der Waals surface area contributed by atoms with E-state index >= 15 is 0 Å². The van der Waals surface area contributed by atoms with Crippen LogP contribution in [0.5, 0.6) is 0 Å². The number of carbonyl (C=O) groups is 3. The first-order valence-electron chi connectivity index (χ1n) is 8.03. The third-order valence-corrected chi connectivity index (χ3v) is 4.21. The number of carbonyl (C=O) groups excluding carboxylic acids is 3. The second-order valence-electron chi connectivity index (χ2n) is 5.69. The maximum absolute atomic E-state index is 12.1. The van der Waals surface area contributed by atoms with Gasteiger partial charge in [0.1, 0.15) is 6.54 Å². The second-order valence-corrected chi connectivity index (χ2v) is 6.53. The number of amides is 2. The van der Waals surface area contributed by atoms with Crippen molar-refractivity contribution < 1.29 is 19.1 Å². The highest BCUT2D eigenvalue weighted by molar-refractivity contribution is 6.35. The fraction of sp³-hybridized carbons (Fsp3) is 0.211. The lowest BCUT2D eigenvalue weighted by Gasteiger charge is -2.08. The highest BCUT2D eigenvalue weighted by Crippen LogP contribution is 2.21. The lowest BCUT2D eigenvalue weighted by atomic mass is 10.1. The van der Waals surface area contributed by atoms with Gasteiger partial charge in [-0.3, -0.25) is 14.4 Å². The van der Waals surface area contributed by atoms with Gasteiger partial charge in [0, 0.05) is 15.7 Å². The van der Waals surface area contributed by atoms with Crippen molar-refractivity contribution in [2.75, 3.05) is 19.0 Å². The molecule has 0 spiro atoms. The maximum Gasteiger partial charge on any atom is 0.325 e. The molecule has 0 unspecified atom stereocenters. The standard InChI is InChI=1S/C19H18Cl2N2O4/c1-27-19(26)11-22-17(24)8-12-2-6-15(7-3-12)23-18(25)9-13-4-5-14(20)10-16(13)21/h2-7,10H,8-9,11H2,1H3,(H,22,24)(H,23,25). The van der Waals surface area contributed by atoms with E-state index in [0.29, 0.717) is 21.3 Å². The topological polar surface area (TPSA) is 84.5 Å². The molecule has 27 heavy (non-hydrogen) atoms. The van der Waals surface area contributed by atoms with Crippen LogP contribution < -0.4 is 10.6 Å². The molecule has 2 N–H and O–H groups in total. The molecule has 2 amide bonds. The van der Waals surface area contributed by atoms with E-state index in [2.05, 4.69) is 15.4 Å². The highest BCUT2D eigenvalue weighted by Gasteiger charge is 2.09. The molecule has 8 heteroatoms. The van der Waals surface area contributed by atoms with E-state index in [1.807, 2.05) is 0 Å². The minimum Gasteiger partial charge on any atom is -0.468 e. The summed E-state index contributed by atoms with van der Waals surface area (Å²) in [7, 11) is 1.25. The number of nitrogens with one attached hydrogen (secondary N) is 2. The summed E-state index contributed by atoms with van der Waals surface area (Å²) in [4.78, 5) is 34.9. The Hall–Kier alpha value is -2.57. The van der Waals surface area contributed by atoms with Gasteiger partial charge in [-0.2, -0.15) is 0 Å². The summed E-state index contributed by atoms with van der Waals surface area (Å²) < 4.78 is 4.45. The molecular weight excluding hydrogens is 391 g/mol. The monoisotopic (exact) mass is 408 g/mol. The first kappa shape index (κ1) is 20.7. The number of esters is 1. The van der Waals surface area contributed by atoms with E-state index in [4.69, 9.17) is 23.2 Å². The van der Waals surface area contributed by atoms with Crippen LogP contribution in [-0.4, -0.2) is 31.4 Å². The molecule has 0 aliphatic rings. The molecule has 142 valence electrons. The van der Waals surface area contributed by atoms with E-state index in [0.717, 1.165) is 5.56 Å². The van der Waals surface area contributed by atoms with Crippen LogP contribution in [0.25, 0.3) is 0 Å². The average Bonchev–Trinajstić information content (AvgIpc) is 2.63. The molecular formula is C19H18Cl2N2O4. The molecule has 6 nitrogen and oxygen atoms in total. The second kappa shape index (κ2) is 9.94. The fourth-order valence-corrected chi connectivity index (χ4v) is 2.72. The normalized spacial score (nSPS) is 10.2. The Balaban J connectivity index is 1.86. The smallest absolute Gasteiger partial charge is 0.325 e. The predicted molar refractivity (Wildman–Crippen MR) is 104 cm³/mol. The van der Waals surface area contributed by atoms with E-state index < -0.39 is 5.97 Å². The predicted octanol–water partition coefficient (Wildman–Crippen LogP) is 3.01.